The Bertz CT molecular complexity index is 473. The van der Waals surface area contributed by atoms with E-state index in [1.165, 1.54) is 25.7 Å². The number of rotatable bonds is 4. The van der Waals surface area contributed by atoms with Crippen LogP contribution in [0.5, 0.6) is 0 Å². The lowest BCUT2D eigenvalue weighted by Crippen LogP contribution is -2.39. The van der Waals surface area contributed by atoms with Gasteiger partial charge >= 0.3 is 0 Å². The zero-order valence-electron chi connectivity index (χ0n) is 12.2. The van der Waals surface area contributed by atoms with Crippen LogP contribution in [-0.4, -0.2) is 24.4 Å². The van der Waals surface area contributed by atoms with Crippen LogP contribution in [-0.2, 0) is 4.79 Å². The van der Waals surface area contributed by atoms with Crippen LogP contribution in [0.1, 0.15) is 37.3 Å². The van der Waals surface area contributed by atoms with Crippen molar-refractivity contribution < 1.29 is 4.79 Å². The van der Waals surface area contributed by atoms with Gasteiger partial charge in [0.05, 0.1) is 0 Å². The first kappa shape index (κ1) is 13.6. The molecule has 1 aromatic carbocycles. The van der Waals surface area contributed by atoms with Gasteiger partial charge in [0, 0.05) is 13.6 Å². The summed E-state index contributed by atoms with van der Waals surface area (Å²) in [5.74, 6) is 2.52. The number of nitrogens with two attached hydrogens (primary N) is 1. The molecule has 2 N–H and O–H groups in total. The van der Waals surface area contributed by atoms with Crippen LogP contribution in [0.3, 0.4) is 0 Å². The van der Waals surface area contributed by atoms with E-state index in [0.717, 1.165) is 23.9 Å². The first-order valence-electron chi connectivity index (χ1n) is 7.70. The Balaban J connectivity index is 1.59. The monoisotopic (exact) mass is 272 g/mol. The lowest BCUT2D eigenvalue weighted by Gasteiger charge is -2.29. The fraction of sp³-hybridized carbons (Fsp3) is 0.588. The van der Waals surface area contributed by atoms with E-state index in [0.29, 0.717) is 5.92 Å². The summed E-state index contributed by atoms with van der Waals surface area (Å²) in [6, 6.07) is 9.12. The molecule has 20 heavy (non-hydrogen) atoms. The minimum absolute atomic E-state index is 0.0407. The van der Waals surface area contributed by atoms with E-state index in [-0.39, 0.29) is 5.91 Å². The predicted molar refractivity (Wildman–Crippen MR) is 79.9 cm³/mol. The first-order valence-corrected chi connectivity index (χ1v) is 7.70. The molecule has 4 atom stereocenters. The second-order valence-corrected chi connectivity index (χ2v) is 6.54. The summed E-state index contributed by atoms with van der Waals surface area (Å²) in [7, 11) is 1.90. The number of likely N-dealkylation sites (N-methyl/N-ethyl adjacent to an activating group) is 1. The SMILES string of the molecule is CN(CC1CC2CCC1C2)C(=O)[C@@H](N)c1ccccc1. The molecule has 2 aliphatic carbocycles. The number of carbonyl (C=O) groups excluding carboxylic acids is 1. The zero-order chi connectivity index (χ0) is 14.1. The average molecular weight is 272 g/mol. The van der Waals surface area contributed by atoms with Crippen LogP contribution in [0.4, 0.5) is 0 Å². The Morgan fingerprint density at radius 2 is 2.05 bits per heavy atom. The Labute approximate surface area is 121 Å². The fourth-order valence-electron chi connectivity index (χ4n) is 4.08. The van der Waals surface area contributed by atoms with Crippen molar-refractivity contribution in [2.24, 2.45) is 23.5 Å². The largest absolute Gasteiger partial charge is 0.344 e. The van der Waals surface area contributed by atoms with Crippen molar-refractivity contribution in [3.8, 4) is 0 Å². The number of hydrogen-bond acceptors (Lipinski definition) is 2. The van der Waals surface area contributed by atoms with Crippen LogP contribution in [0.2, 0.25) is 0 Å². The van der Waals surface area contributed by atoms with E-state index in [1.807, 2.05) is 42.3 Å². The molecule has 2 fully saturated rings. The van der Waals surface area contributed by atoms with Crippen molar-refractivity contribution in [3.63, 3.8) is 0 Å². The second-order valence-electron chi connectivity index (χ2n) is 6.54. The highest BCUT2D eigenvalue weighted by atomic mass is 16.2. The van der Waals surface area contributed by atoms with Gasteiger partial charge in [-0.1, -0.05) is 36.8 Å². The van der Waals surface area contributed by atoms with Crippen LogP contribution in [0.15, 0.2) is 30.3 Å². The van der Waals surface area contributed by atoms with Crippen molar-refractivity contribution in [1.29, 1.82) is 0 Å². The van der Waals surface area contributed by atoms with Crippen molar-refractivity contribution in [3.05, 3.63) is 35.9 Å². The summed E-state index contributed by atoms with van der Waals surface area (Å²) in [4.78, 5) is 14.3. The first-order chi connectivity index (χ1) is 9.65. The van der Waals surface area contributed by atoms with Crippen LogP contribution in [0, 0.1) is 17.8 Å². The summed E-state index contributed by atoms with van der Waals surface area (Å²) in [6.07, 6.45) is 5.46. The minimum Gasteiger partial charge on any atom is -0.344 e. The molecule has 0 aromatic heterocycles. The standard InChI is InChI=1S/C17H24N2O/c1-19(11-15-10-12-7-8-14(15)9-12)17(20)16(18)13-5-3-2-4-6-13/h2-6,12,14-16H,7-11,18H2,1H3/t12?,14?,15?,16-/m0/s1. The van der Waals surface area contributed by atoms with Crippen LogP contribution < -0.4 is 5.73 Å². The molecule has 0 saturated heterocycles. The third kappa shape index (κ3) is 2.59. The van der Waals surface area contributed by atoms with E-state index in [1.54, 1.807) is 0 Å². The molecule has 108 valence electrons. The van der Waals surface area contributed by atoms with Crippen molar-refractivity contribution in [2.45, 2.75) is 31.7 Å². The van der Waals surface area contributed by atoms with Gasteiger partial charge in [0.15, 0.2) is 0 Å². The Morgan fingerprint density at radius 1 is 1.30 bits per heavy atom. The second kappa shape index (κ2) is 5.57. The molecule has 1 amide bonds. The summed E-state index contributed by atoms with van der Waals surface area (Å²) in [5, 5.41) is 0. The Morgan fingerprint density at radius 3 is 2.65 bits per heavy atom. The highest BCUT2D eigenvalue weighted by molar-refractivity contribution is 5.82. The number of carbonyl (C=O) groups is 1. The summed E-state index contributed by atoms with van der Waals surface area (Å²) >= 11 is 0. The van der Waals surface area contributed by atoms with Gasteiger partial charge in [-0.05, 0) is 42.6 Å². The summed E-state index contributed by atoms with van der Waals surface area (Å²) in [6.45, 7) is 0.876. The maximum atomic E-state index is 12.4. The topological polar surface area (TPSA) is 46.3 Å². The van der Waals surface area contributed by atoms with Gasteiger partial charge in [0.1, 0.15) is 6.04 Å². The molecule has 3 rings (SSSR count). The van der Waals surface area contributed by atoms with Crippen LogP contribution in [0.25, 0.3) is 0 Å². The predicted octanol–water partition coefficient (Wildman–Crippen LogP) is 2.58. The molecule has 0 aliphatic heterocycles. The van der Waals surface area contributed by atoms with E-state index in [2.05, 4.69) is 0 Å². The molecule has 2 bridgehead atoms. The lowest BCUT2D eigenvalue weighted by atomic mass is 9.88. The maximum absolute atomic E-state index is 12.4. The Hall–Kier alpha value is -1.35. The van der Waals surface area contributed by atoms with E-state index in [9.17, 15) is 4.79 Å². The molecule has 0 spiro atoms. The molecule has 3 nitrogen and oxygen atoms in total. The molecule has 2 saturated carbocycles. The van der Waals surface area contributed by atoms with Gasteiger partial charge in [-0.25, -0.2) is 0 Å². The number of amides is 1. The number of fused-ring (bicyclic) bond motifs is 2. The molecule has 1 aromatic rings. The minimum atomic E-state index is -0.528. The summed E-state index contributed by atoms with van der Waals surface area (Å²) in [5.41, 5.74) is 7.00. The third-order valence-electron chi connectivity index (χ3n) is 5.19. The van der Waals surface area contributed by atoms with E-state index < -0.39 is 6.04 Å². The third-order valence-corrected chi connectivity index (χ3v) is 5.19. The van der Waals surface area contributed by atoms with Gasteiger partial charge in [0.25, 0.3) is 0 Å². The summed E-state index contributed by atoms with van der Waals surface area (Å²) < 4.78 is 0. The molecular weight excluding hydrogens is 248 g/mol. The zero-order valence-corrected chi connectivity index (χ0v) is 12.2. The highest BCUT2D eigenvalue weighted by Gasteiger charge is 2.40. The normalized spacial score (nSPS) is 29.4. The van der Waals surface area contributed by atoms with Gasteiger partial charge in [0.2, 0.25) is 5.91 Å². The quantitative estimate of drug-likeness (QED) is 0.915. The van der Waals surface area contributed by atoms with E-state index in [4.69, 9.17) is 5.73 Å². The number of benzene rings is 1. The average Bonchev–Trinajstić information content (AvgIpc) is 3.09. The van der Waals surface area contributed by atoms with Crippen molar-refractivity contribution in [1.82, 2.24) is 4.90 Å². The van der Waals surface area contributed by atoms with Gasteiger partial charge in [-0.3, -0.25) is 4.79 Å². The molecule has 3 heteroatoms. The van der Waals surface area contributed by atoms with Gasteiger partial charge < -0.3 is 10.6 Å². The molecule has 2 aliphatic rings. The van der Waals surface area contributed by atoms with Crippen molar-refractivity contribution in [2.75, 3.05) is 13.6 Å². The maximum Gasteiger partial charge on any atom is 0.243 e. The molecular formula is C17H24N2O. The molecule has 3 unspecified atom stereocenters. The van der Waals surface area contributed by atoms with Gasteiger partial charge in [-0.15, -0.1) is 0 Å². The fourth-order valence-corrected chi connectivity index (χ4v) is 4.08. The number of nitrogens with zero attached hydrogens (tertiary/aromatic N) is 1. The molecule has 0 heterocycles. The van der Waals surface area contributed by atoms with Crippen molar-refractivity contribution >= 4 is 5.91 Å². The van der Waals surface area contributed by atoms with E-state index >= 15 is 0 Å². The Kier molecular flexibility index (Phi) is 3.79. The lowest BCUT2D eigenvalue weighted by molar-refractivity contribution is -0.132. The van der Waals surface area contributed by atoms with Gasteiger partial charge in [-0.2, -0.15) is 0 Å². The highest BCUT2D eigenvalue weighted by Crippen LogP contribution is 2.48. The smallest absolute Gasteiger partial charge is 0.243 e. The van der Waals surface area contributed by atoms with Crippen LogP contribution >= 0.6 is 0 Å². The molecule has 0 radical (unpaired) electrons. The number of hydrogen-bond donors (Lipinski definition) is 1.